The van der Waals surface area contributed by atoms with Crippen LogP contribution in [0.5, 0.6) is 0 Å². The van der Waals surface area contributed by atoms with E-state index in [9.17, 15) is 4.79 Å². The third-order valence-electron chi connectivity index (χ3n) is 0.939. The van der Waals surface area contributed by atoms with Crippen LogP contribution in [0.25, 0.3) is 0 Å². The average molecular weight is 157 g/mol. The fourth-order valence-corrected chi connectivity index (χ4v) is 0.511. The summed E-state index contributed by atoms with van der Waals surface area (Å²) in [6.45, 7) is 1.62. The second-order valence-electron chi connectivity index (χ2n) is 2.18. The molecule has 4 heteroatoms. The van der Waals surface area contributed by atoms with Gasteiger partial charge in [-0.3, -0.25) is 4.79 Å². The van der Waals surface area contributed by atoms with E-state index >= 15 is 0 Å². The summed E-state index contributed by atoms with van der Waals surface area (Å²) < 4.78 is 4.57. The number of hydrogen-bond donors (Lipinski definition) is 1. The maximum absolute atomic E-state index is 10.6. The first kappa shape index (κ1) is 9.92. The highest BCUT2D eigenvalue weighted by Crippen LogP contribution is 1.93. The van der Waals surface area contributed by atoms with Gasteiger partial charge in [-0.2, -0.15) is 5.26 Å². The monoisotopic (exact) mass is 157 g/mol. The Morgan fingerprint density at radius 2 is 2.45 bits per heavy atom. The Hall–Kier alpha value is -1.08. The van der Waals surface area contributed by atoms with Crippen molar-refractivity contribution in [1.29, 1.82) is 5.26 Å². The van der Waals surface area contributed by atoms with E-state index in [1.54, 1.807) is 0 Å². The number of carbonyl (C=O) groups excluding carboxylic acids is 1. The molecule has 0 bridgehead atoms. The zero-order valence-electron chi connectivity index (χ0n) is 6.41. The summed E-state index contributed by atoms with van der Waals surface area (Å²) in [6.07, 6.45) is -0.485. The fourth-order valence-electron chi connectivity index (χ4n) is 0.511. The molecular formula is C7H11NO3. The van der Waals surface area contributed by atoms with Crippen LogP contribution < -0.4 is 0 Å². The van der Waals surface area contributed by atoms with Gasteiger partial charge < -0.3 is 9.84 Å². The van der Waals surface area contributed by atoms with Crippen LogP contribution in [0.1, 0.15) is 19.8 Å². The number of aliphatic hydroxyl groups is 1. The Bertz CT molecular complexity index is 160. The highest BCUT2D eigenvalue weighted by Gasteiger charge is 2.05. The molecule has 0 heterocycles. The van der Waals surface area contributed by atoms with Crippen LogP contribution >= 0.6 is 0 Å². The molecule has 0 aromatic heterocycles. The molecule has 0 aromatic carbocycles. The average Bonchev–Trinajstić information content (AvgIpc) is 1.86. The molecule has 0 aromatic rings. The van der Waals surface area contributed by atoms with Crippen LogP contribution in [0.15, 0.2) is 0 Å². The Balaban J connectivity index is 3.32. The maximum Gasteiger partial charge on any atom is 0.308 e. The lowest BCUT2D eigenvalue weighted by Crippen LogP contribution is -2.12. The lowest BCUT2D eigenvalue weighted by Gasteiger charge is -2.03. The topological polar surface area (TPSA) is 70.3 Å². The molecule has 0 saturated carbocycles. The largest absolute Gasteiger partial charge is 0.465 e. The number of ether oxygens (including phenoxy) is 1. The number of esters is 1. The molecule has 0 aliphatic heterocycles. The number of nitrogens with zero attached hydrogens (tertiary/aromatic N) is 1. The van der Waals surface area contributed by atoms with E-state index in [1.165, 1.54) is 6.92 Å². The summed E-state index contributed by atoms with van der Waals surface area (Å²) in [4.78, 5) is 10.6. The molecule has 1 N–H and O–H groups in total. The van der Waals surface area contributed by atoms with Gasteiger partial charge in [-0.1, -0.05) is 0 Å². The van der Waals surface area contributed by atoms with E-state index in [4.69, 9.17) is 10.4 Å². The minimum absolute atomic E-state index is 0.00850. The molecular weight excluding hydrogens is 146 g/mol. The van der Waals surface area contributed by atoms with E-state index in [0.717, 1.165) is 0 Å². The lowest BCUT2D eigenvalue weighted by atomic mass is 10.3. The molecule has 1 atom stereocenters. The smallest absolute Gasteiger partial charge is 0.308 e. The van der Waals surface area contributed by atoms with E-state index in [-0.39, 0.29) is 19.4 Å². The molecule has 11 heavy (non-hydrogen) atoms. The van der Waals surface area contributed by atoms with Crippen molar-refractivity contribution in [1.82, 2.24) is 0 Å². The summed E-state index contributed by atoms with van der Waals surface area (Å²) in [7, 11) is 0. The van der Waals surface area contributed by atoms with Gasteiger partial charge in [0.15, 0.2) is 0 Å². The van der Waals surface area contributed by atoms with Crippen LogP contribution in [-0.4, -0.2) is 23.8 Å². The first-order chi connectivity index (χ1) is 5.16. The van der Waals surface area contributed by atoms with Crippen LogP contribution in [-0.2, 0) is 9.53 Å². The molecule has 0 saturated heterocycles. The molecule has 0 aliphatic rings. The van der Waals surface area contributed by atoms with Crippen molar-refractivity contribution in [2.75, 3.05) is 6.61 Å². The van der Waals surface area contributed by atoms with Gasteiger partial charge in [0.05, 0.1) is 25.0 Å². The molecule has 62 valence electrons. The van der Waals surface area contributed by atoms with Crippen LogP contribution in [0.2, 0.25) is 0 Å². The molecule has 0 fully saturated rings. The van der Waals surface area contributed by atoms with Gasteiger partial charge in [0.1, 0.15) is 6.61 Å². The number of aliphatic hydroxyl groups excluding tert-OH is 1. The van der Waals surface area contributed by atoms with Gasteiger partial charge in [-0.15, -0.1) is 0 Å². The number of rotatable bonds is 4. The molecule has 1 unspecified atom stereocenters. The molecule has 0 aliphatic carbocycles. The van der Waals surface area contributed by atoms with Gasteiger partial charge in [-0.25, -0.2) is 0 Å². The highest BCUT2D eigenvalue weighted by molar-refractivity contribution is 5.69. The zero-order valence-corrected chi connectivity index (χ0v) is 6.41. The van der Waals surface area contributed by atoms with Crippen molar-refractivity contribution in [2.24, 2.45) is 0 Å². The number of carbonyl (C=O) groups is 1. The molecule has 0 rings (SSSR count). The van der Waals surface area contributed by atoms with Crippen molar-refractivity contribution in [3.05, 3.63) is 0 Å². The lowest BCUT2D eigenvalue weighted by molar-refractivity contribution is -0.145. The third kappa shape index (κ3) is 6.81. The SMILES string of the molecule is CC(O)CC(=O)OCCC#N. The van der Waals surface area contributed by atoms with Crippen molar-refractivity contribution >= 4 is 5.97 Å². The minimum atomic E-state index is -0.676. The summed E-state index contributed by atoms with van der Waals surface area (Å²) in [5, 5.41) is 16.8. The summed E-state index contributed by atoms with van der Waals surface area (Å²) in [5.41, 5.74) is 0. The van der Waals surface area contributed by atoms with E-state index < -0.39 is 12.1 Å². The van der Waals surface area contributed by atoms with Crippen molar-refractivity contribution in [2.45, 2.75) is 25.9 Å². The Kier molecular flexibility index (Phi) is 5.13. The van der Waals surface area contributed by atoms with Crippen molar-refractivity contribution in [3.63, 3.8) is 0 Å². The predicted molar refractivity (Wildman–Crippen MR) is 37.5 cm³/mol. The minimum Gasteiger partial charge on any atom is -0.465 e. The first-order valence-corrected chi connectivity index (χ1v) is 3.37. The number of nitriles is 1. The van der Waals surface area contributed by atoms with Crippen LogP contribution in [0, 0.1) is 11.3 Å². The highest BCUT2D eigenvalue weighted by atomic mass is 16.5. The van der Waals surface area contributed by atoms with Gasteiger partial charge in [-0.05, 0) is 6.92 Å². The second kappa shape index (κ2) is 5.69. The van der Waals surface area contributed by atoms with Crippen molar-refractivity contribution in [3.8, 4) is 6.07 Å². The van der Waals surface area contributed by atoms with E-state index in [1.807, 2.05) is 6.07 Å². The van der Waals surface area contributed by atoms with E-state index in [2.05, 4.69) is 4.74 Å². The summed E-state index contributed by atoms with van der Waals surface area (Å²) in [5.74, 6) is -0.463. The number of hydrogen-bond acceptors (Lipinski definition) is 4. The van der Waals surface area contributed by atoms with Crippen LogP contribution in [0.4, 0.5) is 0 Å². The third-order valence-corrected chi connectivity index (χ3v) is 0.939. The Morgan fingerprint density at radius 1 is 1.82 bits per heavy atom. The van der Waals surface area contributed by atoms with Crippen LogP contribution in [0.3, 0.4) is 0 Å². The van der Waals surface area contributed by atoms with Gasteiger partial charge >= 0.3 is 5.97 Å². The van der Waals surface area contributed by atoms with E-state index in [0.29, 0.717) is 0 Å². The van der Waals surface area contributed by atoms with Crippen molar-refractivity contribution < 1.29 is 14.6 Å². The summed E-state index contributed by atoms with van der Waals surface area (Å²) >= 11 is 0. The molecule has 0 radical (unpaired) electrons. The summed E-state index contributed by atoms with van der Waals surface area (Å²) in [6, 6.07) is 1.84. The Morgan fingerprint density at radius 3 is 2.91 bits per heavy atom. The quantitative estimate of drug-likeness (QED) is 0.468. The maximum atomic E-state index is 10.6. The van der Waals surface area contributed by atoms with Gasteiger partial charge in [0.25, 0.3) is 0 Å². The molecule has 0 spiro atoms. The fraction of sp³-hybridized carbons (Fsp3) is 0.714. The Labute approximate surface area is 65.4 Å². The molecule has 4 nitrogen and oxygen atoms in total. The molecule has 0 amide bonds. The first-order valence-electron chi connectivity index (χ1n) is 3.37. The predicted octanol–water partition coefficient (Wildman–Crippen LogP) is 0.214. The normalized spacial score (nSPS) is 11.7. The van der Waals surface area contributed by atoms with Gasteiger partial charge in [0.2, 0.25) is 0 Å². The zero-order chi connectivity index (χ0) is 8.69. The van der Waals surface area contributed by atoms with Gasteiger partial charge in [0, 0.05) is 0 Å². The standard InChI is InChI=1S/C7H11NO3/c1-6(9)5-7(10)11-4-2-3-8/h6,9H,2,4-5H2,1H3. The second-order valence-corrected chi connectivity index (χ2v) is 2.18.